The van der Waals surface area contributed by atoms with E-state index in [2.05, 4.69) is 13.8 Å². The smallest absolute Gasteiger partial charge is 0.166 e. The number of carbonyl (C=O) groups excluding carboxylic acids is 1. The zero-order valence-corrected chi connectivity index (χ0v) is 7.52. The third-order valence-corrected chi connectivity index (χ3v) is 2.12. The van der Waals surface area contributed by atoms with Crippen molar-refractivity contribution in [2.75, 3.05) is 6.61 Å². The van der Waals surface area contributed by atoms with Crippen LogP contribution in [-0.4, -0.2) is 18.0 Å². The summed E-state index contributed by atoms with van der Waals surface area (Å²) < 4.78 is 5.04. The van der Waals surface area contributed by atoms with E-state index in [0.717, 1.165) is 6.42 Å². The van der Waals surface area contributed by atoms with E-state index in [1.165, 1.54) is 0 Å². The molecule has 1 rings (SSSR count). The Morgan fingerprint density at radius 3 is 2.55 bits per heavy atom. The van der Waals surface area contributed by atoms with Crippen LogP contribution in [0.1, 0.15) is 33.6 Å². The van der Waals surface area contributed by atoms with Gasteiger partial charge in [0.2, 0.25) is 0 Å². The molecule has 0 amide bonds. The lowest BCUT2D eigenvalue weighted by Crippen LogP contribution is -2.20. The molecule has 2 nitrogen and oxygen atoms in total. The number of epoxide rings is 1. The van der Waals surface area contributed by atoms with Gasteiger partial charge in [-0.25, -0.2) is 0 Å². The van der Waals surface area contributed by atoms with Crippen molar-refractivity contribution in [2.24, 2.45) is 5.92 Å². The van der Waals surface area contributed by atoms with Crippen molar-refractivity contribution >= 4 is 5.78 Å². The van der Waals surface area contributed by atoms with Gasteiger partial charge in [-0.3, -0.25) is 4.79 Å². The fourth-order valence-corrected chi connectivity index (χ4v) is 0.953. The molecule has 1 saturated heterocycles. The zero-order valence-electron chi connectivity index (χ0n) is 7.52. The maximum absolute atomic E-state index is 11.3. The second kappa shape index (κ2) is 2.94. The van der Waals surface area contributed by atoms with Crippen LogP contribution in [-0.2, 0) is 9.53 Å². The van der Waals surface area contributed by atoms with Crippen LogP contribution in [0.4, 0.5) is 0 Å². The number of hydrogen-bond donors (Lipinski definition) is 0. The summed E-state index contributed by atoms with van der Waals surface area (Å²) in [6.07, 6.45) is 1.66. The first-order valence-corrected chi connectivity index (χ1v) is 4.22. The van der Waals surface area contributed by atoms with E-state index < -0.39 is 5.60 Å². The lowest BCUT2D eigenvalue weighted by atomic mass is 9.99. The van der Waals surface area contributed by atoms with Crippen molar-refractivity contribution in [1.82, 2.24) is 0 Å². The Hall–Kier alpha value is -0.370. The molecule has 11 heavy (non-hydrogen) atoms. The number of carbonyl (C=O) groups is 1. The van der Waals surface area contributed by atoms with Gasteiger partial charge in [0.25, 0.3) is 0 Å². The van der Waals surface area contributed by atoms with E-state index in [0.29, 0.717) is 18.9 Å². The summed E-state index contributed by atoms with van der Waals surface area (Å²) >= 11 is 0. The number of hydrogen-bond acceptors (Lipinski definition) is 2. The second-order valence-electron chi connectivity index (χ2n) is 3.88. The zero-order chi connectivity index (χ0) is 8.48. The predicted octanol–water partition coefficient (Wildman–Crippen LogP) is 1.78. The maximum Gasteiger partial charge on any atom is 0.166 e. The van der Waals surface area contributed by atoms with Crippen LogP contribution < -0.4 is 0 Å². The van der Waals surface area contributed by atoms with Crippen molar-refractivity contribution in [1.29, 1.82) is 0 Å². The molecule has 1 aliphatic heterocycles. The first-order chi connectivity index (χ1) is 5.04. The fourth-order valence-electron chi connectivity index (χ4n) is 0.953. The molecule has 0 saturated carbocycles. The number of ether oxygens (including phenoxy) is 1. The molecule has 0 radical (unpaired) electrons. The van der Waals surface area contributed by atoms with Gasteiger partial charge in [0, 0.05) is 6.42 Å². The molecule has 1 unspecified atom stereocenters. The van der Waals surface area contributed by atoms with Gasteiger partial charge in [0.1, 0.15) is 5.60 Å². The monoisotopic (exact) mass is 156 g/mol. The van der Waals surface area contributed by atoms with Gasteiger partial charge in [-0.1, -0.05) is 13.8 Å². The Bertz CT molecular complexity index is 157. The summed E-state index contributed by atoms with van der Waals surface area (Å²) in [4.78, 5) is 11.3. The predicted molar refractivity (Wildman–Crippen MR) is 43.4 cm³/mol. The quantitative estimate of drug-likeness (QED) is 0.581. The fraction of sp³-hybridized carbons (Fsp3) is 0.889. The van der Waals surface area contributed by atoms with Crippen molar-refractivity contribution in [3.8, 4) is 0 Å². The van der Waals surface area contributed by atoms with Crippen molar-refractivity contribution in [2.45, 2.75) is 39.2 Å². The summed E-state index contributed by atoms with van der Waals surface area (Å²) in [6.45, 7) is 6.76. The van der Waals surface area contributed by atoms with E-state index in [9.17, 15) is 4.79 Å². The third-order valence-electron chi connectivity index (χ3n) is 2.12. The molecule has 0 aromatic rings. The largest absolute Gasteiger partial charge is 0.362 e. The van der Waals surface area contributed by atoms with E-state index >= 15 is 0 Å². The van der Waals surface area contributed by atoms with E-state index in [1.54, 1.807) is 0 Å². The molecule has 0 aliphatic carbocycles. The Balaban J connectivity index is 2.22. The highest BCUT2D eigenvalue weighted by atomic mass is 16.6. The molecule has 1 atom stereocenters. The third kappa shape index (κ3) is 2.29. The molecular weight excluding hydrogens is 140 g/mol. The van der Waals surface area contributed by atoms with Gasteiger partial charge < -0.3 is 4.74 Å². The molecule has 1 heterocycles. The van der Waals surface area contributed by atoms with Crippen LogP contribution in [0.25, 0.3) is 0 Å². The Labute approximate surface area is 67.9 Å². The number of Topliss-reactive ketones (excluding diaryl/α,β-unsaturated/α-hetero) is 1. The van der Waals surface area contributed by atoms with Crippen molar-refractivity contribution < 1.29 is 9.53 Å². The van der Waals surface area contributed by atoms with Gasteiger partial charge >= 0.3 is 0 Å². The first kappa shape index (κ1) is 8.72. The van der Waals surface area contributed by atoms with Crippen LogP contribution in [0.5, 0.6) is 0 Å². The molecule has 0 aromatic heterocycles. The first-order valence-electron chi connectivity index (χ1n) is 4.22. The van der Waals surface area contributed by atoms with Crippen LogP contribution in [0.3, 0.4) is 0 Å². The lowest BCUT2D eigenvalue weighted by Gasteiger charge is -2.05. The molecule has 64 valence electrons. The van der Waals surface area contributed by atoms with Crippen molar-refractivity contribution in [3.05, 3.63) is 0 Å². The van der Waals surface area contributed by atoms with E-state index in [-0.39, 0.29) is 5.78 Å². The molecule has 0 N–H and O–H groups in total. The minimum Gasteiger partial charge on any atom is -0.362 e. The van der Waals surface area contributed by atoms with Gasteiger partial charge in [0.15, 0.2) is 5.78 Å². The minimum atomic E-state index is -0.394. The highest BCUT2D eigenvalue weighted by Gasteiger charge is 2.45. The molecular formula is C9H16O2. The number of rotatable bonds is 4. The highest BCUT2D eigenvalue weighted by Crippen LogP contribution is 2.29. The minimum absolute atomic E-state index is 0.270. The number of ketones is 1. The van der Waals surface area contributed by atoms with Crippen LogP contribution in [0.2, 0.25) is 0 Å². The summed E-state index contributed by atoms with van der Waals surface area (Å²) in [5.41, 5.74) is -0.394. The summed E-state index contributed by atoms with van der Waals surface area (Å²) in [6, 6.07) is 0. The van der Waals surface area contributed by atoms with Crippen LogP contribution >= 0.6 is 0 Å². The average Bonchev–Trinajstić information content (AvgIpc) is 2.64. The SMILES string of the molecule is CC(C)CCC(=O)C1(C)CO1. The van der Waals surface area contributed by atoms with Gasteiger partial charge in [-0.05, 0) is 19.3 Å². The van der Waals surface area contributed by atoms with Crippen molar-refractivity contribution in [3.63, 3.8) is 0 Å². The van der Waals surface area contributed by atoms with Gasteiger partial charge in [-0.15, -0.1) is 0 Å². The average molecular weight is 156 g/mol. The summed E-state index contributed by atoms with van der Waals surface area (Å²) in [5, 5.41) is 0. The summed E-state index contributed by atoms with van der Waals surface area (Å²) in [5.74, 6) is 0.882. The normalized spacial score (nSPS) is 29.1. The molecule has 1 fully saturated rings. The van der Waals surface area contributed by atoms with Gasteiger partial charge in [0.05, 0.1) is 6.61 Å². The molecule has 0 spiro atoms. The highest BCUT2D eigenvalue weighted by molar-refractivity contribution is 5.89. The topological polar surface area (TPSA) is 29.6 Å². The Morgan fingerprint density at radius 2 is 2.18 bits per heavy atom. The molecule has 0 bridgehead atoms. The summed E-state index contributed by atoms with van der Waals surface area (Å²) in [7, 11) is 0. The Kier molecular flexibility index (Phi) is 2.33. The lowest BCUT2D eigenvalue weighted by molar-refractivity contribution is -0.123. The second-order valence-corrected chi connectivity index (χ2v) is 3.88. The van der Waals surface area contributed by atoms with E-state index in [1.807, 2.05) is 6.92 Å². The Morgan fingerprint density at radius 1 is 1.64 bits per heavy atom. The molecule has 0 aromatic carbocycles. The standard InChI is InChI=1S/C9H16O2/c1-7(2)4-5-8(10)9(3)6-11-9/h7H,4-6H2,1-3H3. The molecule has 2 heteroatoms. The van der Waals surface area contributed by atoms with Crippen LogP contribution in [0, 0.1) is 5.92 Å². The van der Waals surface area contributed by atoms with E-state index in [4.69, 9.17) is 4.74 Å². The molecule has 1 aliphatic rings. The maximum atomic E-state index is 11.3. The van der Waals surface area contributed by atoms with Gasteiger partial charge in [-0.2, -0.15) is 0 Å². The van der Waals surface area contributed by atoms with Crippen LogP contribution in [0.15, 0.2) is 0 Å².